The first kappa shape index (κ1) is 12.9. The van der Waals surface area contributed by atoms with Gasteiger partial charge in [-0.3, -0.25) is 0 Å². The van der Waals surface area contributed by atoms with Crippen LogP contribution in [0.25, 0.3) is 0 Å². The largest absolute Gasteiger partial charge is 0.481 e. The van der Waals surface area contributed by atoms with Crippen molar-refractivity contribution < 1.29 is 9.84 Å². The maximum absolute atomic E-state index is 9.16. The van der Waals surface area contributed by atoms with Crippen molar-refractivity contribution in [3.63, 3.8) is 0 Å². The molecule has 1 aromatic rings. The number of aromatic nitrogens is 1. The smallest absolute Gasteiger partial charge is 0.212 e. The minimum Gasteiger partial charge on any atom is -0.481 e. The summed E-state index contributed by atoms with van der Waals surface area (Å²) in [6.45, 7) is 5.03. The second kappa shape index (κ2) is 6.45. The Morgan fingerprint density at radius 3 is 2.62 bits per heavy atom. The fraction of sp³-hybridized carbons (Fsp3) is 0.583. The molecule has 1 heterocycles. The third-order valence-electron chi connectivity index (χ3n) is 2.58. The van der Waals surface area contributed by atoms with E-state index in [0.29, 0.717) is 18.3 Å². The monoisotopic (exact) mass is 224 g/mol. The number of hydrogen-bond donors (Lipinski definition) is 2. The van der Waals surface area contributed by atoms with E-state index in [-0.39, 0.29) is 12.6 Å². The van der Waals surface area contributed by atoms with Gasteiger partial charge in [-0.05, 0) is 11.5 Å². The number of aliphatic hydroxyl groups excluding tert-OH is 1. The summed E-state index contributed by atoms with van der Waals surface area (Å²) >= 11 is 0. The Morgan fingerprint density at radius 2 is 2.19 bits per heavy atom. The summed E-state index contributed by atoms with van der Waals surface area (Å²) in [6.07, 6.45) is 1.78. The van der Waals surface area contributed by atoms with Crippen LogP contribution in [-0.4, -0.2) is 29.8 Å². The lowest BCUT2D eigenvalue weighted by Gasteiger charge is -2.19. The van der Waals surface area contributed by atoms with Crippen molar-refractivity contribution in [1.29, 1.82) is 0 Å². The van der Waals surface area contributed by atoms with E-state index < -0.39 is 0 Å². The van der Waals surface area contributed by atoms with Crippen LogP contribution >= 0.6 is 0 Å². The van der Waals surface area contributed by atoms with Crippen LogP contribution < -0.4 is 10.1 Å². The molecule has 0 bridgehead atoms. The zero-order valence-electron chi connectivity index (χ0n) is 10.1. The third-order valence-corrected chi connectivity index (χ3v) is 2.58. The zero-order valence-corrected chi connectivity index (χ0v) is 10.1. The van der Waals surface area contributed by atoms with Gasteiger partial charge in [-0.1, -0.05) is 19.9 Å². The molecule has 0 aliphatic carbocycles. The number of nitrogens with zero attached hydrogens (tertiary/aromatic N) is 1. The molecule has 0 radical (unpaired) electrons. The summed E-state index contributed by atoms with van der Waals surface area (Å²) in [5.74, 6) is 1.03. The number of pyridine rings is 1. The van der Waals surface area contributed by atoms with Gasteiger partial charge in [-0.25, -0.2) is 4.98 Å². The standard InChI is InChI=1S/C12H20N2O2/c1-9(2)11(8-15)13-6-10-4-5-12(16-3)14-7-10/h4-5,7,9,11,13,15H,6,8H2,1-3H3. The Labute approximate surface area is 96.7 Å². The van der Waals surface area contributed by atoms with Crippen molar-refractivity contribution >= 4 is 0 Å². The van der Waals surface area contributed by atoms with Crippen LogP contribution in [0.2, 0.25) is 0 Å². The lowest BCUT2D eigenvalue weighted by atomic mass is 10.1. The lowest BCUT2D eigenvalue weighted by Crippen LogP contribution is -2.36. The number of nitrogens with one attached hydrogen (secondary N) is 1. The predicted molar refractivity (Wildman–Crippen MR) is 63.3 cm³/mol. The van der Waals surface area contributed by atoms with Crippen LogP contribution in [0.3, 0.4) is 0 Å². The second-order valence-corrected chi connectivity index (χ2v) is 4.12. The first-order valence-electron chi connectivity index (χ1n) is 5.50. The van der Waals surface area contributed by atoms with Crippen LogP contribution in [0.1, 0.15) is 19.4 Å². The van der Waals surface area contributed by atoms with E-state index in [9.17, 15) is 0 Å². The van der Waals surface area contributed by atoms with E-state index in [1.165, 1.54) is 0 Å². The van der Waals surface area contributed by atoms with Gasteiger partial charge in [0, 0.05) is 24.8 Å². The summed E-state index contributed by atoms with van der Waals surface area (Å²) in [6, 6.07) is 3.93. The molecule has 0 saturated carbocycles. The molecule has 1 rings (SSSR count). The quantitative estimate of drug-likeness (QED) is 0.762. The van der Waals surface area contributed by atoms with Crippen molar-refractivity contribution in [3.05, 3.63) is 23.9 Å². The molecule has 1 aromatic heterocycles. The number of ether oxygens (including phenoxy) is 1. The molecular weight excluding hydrogens is 204 g/mol. The molecule has 1 atom stereocenters. The van der Waals surface area contributed by atoms with E-state index in [0.717, 1.165) is 5.56 Å². The molecule has 2 N–H and O–H groups in total. The Bertz CT molecular complexity index is 298. The number of rotatable bonds is 6. The predicted octanol–water partition coefficient (Wildman–Crippen LogP) is 1.20. The molecule has 4 heteroatoms. The molecule has 0 fully saturated rings. The van der Waals surface area contributed by atoms with Gasteiger partial charge >= 0.3 is 0 Å². The summed E-state index contributed by atoms with van der Waals surface area (Å²) in [7, 11) is 1.60. The highest BCUT2D eigenvalue weighted by molar-refractivity contribution is 5.17. The third kappa shape index (κ3) is 3.79. The molecule has 0 spiro atoms. The van der Waals surface area contributed by atoms with E-state index in [1.54, 1.807) is 13.3 Å². The highest BCUT2D eigenvalue weighted by Crippen LogP contribution is 2.07. The highest BCUT2D eigenvalue weighted by Gasteiger charge is 2.10. The molecule has 4 nitrogen and oxygen atoms in total. The van der Waals surface area contributed by atoms with Crippen LogP contribution in [0.15, 0.2) is 18.3 Å². The van der Waals surface area contributed by atoms with E-state index in [4.69, 9.17) is 9.84 Å². The van der Waals surface area contributed by atoms with Gasteiger partial charge in [-0.15, -0.1) is 0 Å². The lowest BCUT2D eigenvalue weighted by molar-refractivity contribution is 0.210. The second-order valence-electron chi connectivity index (χ2n) is 4.12. The molecule has 0 saturated heterocycles. The first-order chi connectivity index (χ1) is 7.67. The number of aliphatic hydroxyl groups is 1. The molecule has 0 aliphatic heterocycles. The van der Waals surface area contributed by atoms with Crippen molar-refractivity contribution in [2.45, 2.75) is 26.4 Å². The summed E-state index contributed by atoms with van der Waals surface area (Å²) < 4.78 is 4.98. The first-order valence-corrected chi connectivity index (χ1v) is 5.50. The number of methoxy groups -OCH3 is 1. The van der Waals surface area contributed by atoms with E-state index in [2.05, 4.69) is 24.1 Å². The van der Waals surface area contributed by atoms with Gasteiger partial charge in [0.25, 0.3) is 0 Å². The Kier molecular flexibility index (Phi) is 5.22. The van der Waals surface area contributed by atoms with Gasteiger partial charge in [0.1, 0.15) is 0 Å². The van der Waals surface area contributed by atoms with E-state index >= 15 is 0 Å². The number of hydrogen-bond acceptors (Lipinski definition) is 4. The maximum Gasteiger partial charge on any atom is 0.212 e. The normalized spacial score (nSPS) is 12.8. The molecular formula is C12H20N2O2. The Morgan fingerprint density at radius 1 is 1.44 bits per heavy atom. The molecule has 0 amide bonds. The van der Waals surface area contributed by atoms with Gasteiger partial charge in [-0.2, -0.15) is 0 Å². The van der Waals surface area contributed by atoms with Gasteiger partial charge in [0.05, 0.1) is 13.7 Å². The molecule has 0 aliphatic rings. The minimum atomic E-state index is 0.127. The molecule has 1 unspecified atom stereocenters. The SMILES string of the molecule is COc1ccc(CNC(CO)C(C)C)cn1. The van der Waals surface area contributed by atoms with Crippen molar-refractivity contribution in [3.8, 4) is 5.88 Å². The van der Waals surface area contributed by atoms with Crippen LogP contribution in [0.4, 0.5) is 0 Å². The highest BCUT2D eigenvalue weighted by atomic mass is 16.5. The van der Waals surface area contributed by atoms with Crippen LogP contribution in [-0.2, 0) is 6.54 Å². The van der Waals surface area contributed by atoms with Crippen LogP contribution in [0.5, 0.6) is 5.88 Å². The summed E-state index contributed by atoms with van der Waals surface area (Å²) in [5, 5.41) is 12.5. The van der Waals surface area contributed by atoms with E-state index in [1.807, 2.05) is 12.1 Å². The maximum atomic E-state index is 9.16. The topological polar surface area (TPSA) is 54.4 Å². The fourth-order valence-corrected chi connectivity index (χ4v) is 1.40. The Hall–Kier alpha value is -1.13. The van der Waals surface area contributed by atoms with Gasteiger partial charge in [0.2, 0.25) is 5.88 Å². The molecule has 0 aromatic carbocycles. The van der Waals surface area contributed by atoms with Gasteiger partial charge < -0.3 is 15.2 Å². The summed E-state index contributed by atoms with van der Waals surface area (Å²) in [5.41, 5.74) is 1.08. The Balaban J connectivity index is 2.47. The fourth-order valence-electron chi connectivity index (χ4n) is 1.40. The average Bonchev–Trinajstić information content (AvgIpc) is 2.30. The molecule has 16 heavy (non-hydrogen) atoms. The van der Waals surface area contributed by atoms with Crippen LogP contribution in [0, 0.1) is 5.92 Å². The van der Waals surface area contributed by atoms with Crippen molar-refractivity contribution in [1.82, 2.24) is 10.3 Å². The summed E-state index contributed by atoms with van der Waals surface area (Å²) in [4.78, 5) is 4.12. The molecule has 90 valence electrons. The average molecular weight is 224 g/mol. The van der Waals surface area contributed by atoms with Crippen molar-refractivity contribution in [2.75, 3.05) is 13.7 Å². The minimum absolute atomic E-state index is 0.127. The van der Waals surface area contributed by atoms with Gasteiger partial charge in [0.15, 0.2) is 0 Å². The zero-order chi connectivity index (χ0) is 12.0. The van der Waals surface area contributed by atoms with Crippen molar-refractivity contribution in [2.24, 2.45) is 5.92 Å².